The summed E-state index contributed by atoms with van der Waals surface area (Å²) in [4.78, 5) is 28.4. The van der Waals surface area contributed by atoms with E-state index in [0.29, 0.717) is 31.1 Å². The first-order valence-electron chi connectivity index (χ1n) is 6.87. The van der Waals surface area contributed by atoms with Gasteiger partial charge in [0, 0.05) is 32.2 Å². The van der Waals surface area contributed by atoms with Gasteiger partial charge in [-0.15, -0.1) is 11.3 Å². The minimum Gasteiger partial charge on any atom is -0.463 e. The Morgan fingerprint density at radius 1 is 1.29 bits per heavy atom. The van der Waals surface area contributed by atoms with Crippen LogP contribution in [0.1, 0.15) is 16.6 Å². The summed E-state index contributed by atoms with van der Waals surface area (Å²) in [6.07, 6.45) is 1.62. The Morgan fingerprint density at radius 2 is 1.95 bits per heavy atom. The number of fused-ring (bicyclic) bond motifs is 1. The van der Waals surface area contributed by atoms with Gasteiger partial charge in [0.2, 0.25) is 5.91 Å². The van der Waals surface area contributed by atoms with Crippen LogP contribution in [0.25, 0.3) is 10.3 Å². The van der Waals surface area contributed by atoms with E-state index in [4.69, 9.17) is 10.2 Å². The topological polar surface area (TPSA) is 79.8 Å². The molecule has 1 aliphatic rings. The Labute approximate surface area is 126 Å². The molecule has 1 atom stereocenters. The summed E-state index contributed by atoms with van der Waals surface area (Å²) < 4.78 is 6.26. The van der Waals surface area contributed by atoms with Crippen LogP contribution < -0.4 is 5.73 Å². The highest BCUT2D eigenvalue weighted by molar-refractivity contribution is 7.20. The molecule has 21 heavy (non-hydrogen) atoms. The largest absolute Gasteiger partial charge is 0.463 e. The highest BCUT2D eigenvalue weighted by Gasteiger charge is 2.27. The maximum Gasteiger partial charge on any atom is 0.264 e. The van der Waals surface area contributed by atoms with Gasteiger partial charge in [0.05, 0.1) is 21.9 Å². The van der Waals surface area contributed by atoms with Crippen molar-refractivity contribution in [2.45, 2.75) is 13.0 Å². The van der Waals surface area contributed by atoms with Crippen molar-refractivity contribution in [3.63, 3.8) is 0 Å². The smallest absolute Gasteiger partial charge is 0.264 e. The predicted molar refractivity (Wildman–Crippen MR) is 80.2 cm³/mol. The lowest BCUT2D eigenvalue weighted by atomic mass is 10.2. The standard InChI is InChI=1S/C14H17N3O3S/c1-9(15)13(18)16-3-5-17(6-4-16)14(19)12-8-10-11(21-12)2-7-20-10/h2,7-9H,3-6,15H2,1H3/t9-/m1/s1. The molecule has 112 valence electrons. The van der Waals surface area contributed by atoms with E-state index in [-0.39, 0.29) is 11.8 Å². The summed E-state index contributed by atoms with van der Waals surface area (Å²) in [7, 11) is 0. The molecule has 1 saturated heterocycles. The molecular weight excluding hydrogens is 290 g/mol. The number of amides is 2. The fraction of sp³-hybridized carbons (Fsp3) is 0.429. The van der Waals surface area contributed by atoms with Crippen LogP contribution in [-0.4, -0.2) is 53.8 Å². The van der Waals surface area contributed by atoms with Crippen molar-refractivity contribution in [2.75, 3.05) is 26.2 Å². The fourth-order valence-electron chi connectivity index (χ4n) is 2.44. The van der Waals surface area contributed by atoms with Crippen molar-refractivity contribution < 1.29 is 14.0 Å². The lowest BCUT2D eigenvalue weighted by Gasteiger charge is -2.35. The Kier molecular flexibility index (Phi) is 3.69. The summed E-state index contributed by atoms with van der Waals surface area (Å²) in [5, 5.41) is 0. The number of carbonyl (C=O) groups excluding carboxylic acids is 2. The van der Waals surface area contributed by atoms with Gasteiger partial charge < -0.3 is 20.0 Å². The molecule has 0 radical (unpaired) electrons. The van der Waals surface area contributed by atoms with Crippen LogP contribution in [0, 0.1) is 0 Å². The quantitative estimate of drug-likeness (QED) is 0.902. The van der Waals surface area contributed by atoms with Crippen LogP contribution in [0.5, 0.6) is 0 Å². The lowest BCUT2D eigenvalue weighted by molar-refractivity contribution is -0.133. The molecule has 1 aliphatic heterocycles. The molecule has 0 bridgehead atoms. The van der Waals surface area contributed by atoms with E-state index >= 15 is 0 Å². The van der Waals surface area contributed by atoms with Gasteiger partial charge in [0.15, 0.2) is 0 Å². The highest BCUT2D eigenvalue weighted by atomic mass is 32.1. The van der Waals surface area contributed by atoms with Gasteiger partial charge in [-0.1, -0.05) is 0 Å². The molecule has 0 unspecified atom stereocenters. The first-order valence-corrected chi connectivity index (χ1v) is 7.68. The predicted octanol–water partition coefficient (Wildman–Crippen LogP) is 1.13. The molecule has 2 N–H and O–H groups in total. The van der Waals surface area contributed by atoms with Crippen molar-refractivity contribution in [3.05, 3.63) is 23.3 Å². The van der Waals surface area contributed by atoms with E-state index in [1.807, 2.05) is 6.07 Å². The molecule has 2 amide bonds. The lowest BCUT2D eigenvalue weighted by Crippen LogP contribution is -2.53. The van der Waals surface area contributed by atoms with Gasteiger partial charge >= 0.3 is 0 Å². The Bertz CT molecular complexity index is 639. The maximum atomic E-state index is 12.4. The summed E-state index contributed by atoms with van der Waals surface area (Å²) in [5.74, 6) is -0.0602. The van der Waals surface area contributed by atoms with Crippen LogP contribution in [0.15, 0.2) is 22.8 Å². The zero-order valence-electron chi connectivity index (χ0n) is 11.7. The fourth-order valence-corrected chi connectivity index (χ4v) is 3.40. The Morgan fingerprint density at radius 3 is 2.57 bits per heavy atom. The van der Waals surface area contributed by atoms with Crippen LogP contribution in [0.2, 0.25) is 0 Å². The van der Waals surface area contributed by atoms with Gasteiger partial charge in [-0.3, -0.25) is 9.59 Å². The van der Waals surface area contributed by atoms with Gasteiger partial charge in [-0.2, -0.15) is 0 Å². The number of piperazine rings is 1. The summed E-state index contributed by atoms with van der Waals surface area (Å²) in [5.41, 5.74) is 6.35. The number of hydrogen-bond donors (Lipinski definition) is 1. The van der Waals surface area contributed by atoms with E-state index in [2.05, 4.69) is 0 Å². The molecule has 3 heterocycles. The summed E-state index contributed by atoms with van der Waals surface area (Å²) in [6.45, 7) is 3.83. The second kappa shape index (κ2) is 5.50. The molecule has 0 saturated carbocycles. The third kappa shape index (κ3) is 2.66. The molecule has 0 aliphatic carbocycles. The minimum atomic E-state index is -0.489. The number of rotatable bonds is 2. The van der Waals surface area contributed by atoms with Gasteiger partial charge in [-0.25, -0.2) is 0 Å². The highest BCUT2D eigenvalue weighted by Crippen LogP contribution is 2.27. The monoisotopic (exact) mass is 307 g/mol. The van der Waals surface area contributed by atoms with Crippen molar-refractivity contribution in [3.8, 4) is 0 Å². The van der Waals surface area contributed by atoms with Crippen molar-refractivity contribution in [1.82, 2.24) is 9.80 Å². The Hall–Kier alpha value is -1.86. The van der Waals surface area contributed by atoms with Gasteiger partial charge in [0.1, 0.15) is 5.58 Å². The number of nitrogens with two attached hydrogens (primary N) is 1. The van der Waals surface area contributed by atoms with Crippen LogP contribution in [0.3, 0.4) is 0 Å². The van der Waals surface area contributed by atoms with Crippen molar-refractivity contribution in [2.24, 2.45) is 5.73 Å². The number of nitrogens with zero attached hydrogens (tertiary/aromatic N) is 2. The third-order valence-electron chi connectivity index (χ3n) is 3.62. The molecule has 1 fully saturated rings. The van der Waals surface area contributed by atoms with Crippen LogP contribution in [0.4, 0.5) is 0 Å². The van der Waals surface area contributed by atoms with E-state index in [1.54, 1.807) is 29.1 Å². The number of carbonyl (C=O) groups is 2. The van der Waals surface area contributed by atoms with E-state index in [9.17, 15) is 9.59 Å². The van der Waals surface area contributed by atoms with E-state index < -0.39 is 6.04 Å². The summed E-state index contributed by atoms with van der Waals surface area (Å²) in [6, 6.07) is 3.15. The molecule has 3 rings (SSSR count). The zero-order chi connectivity index (χ0) is 15.0. The molecule has 0 aromatic carbocycles. The third-order valence-corrected chi connectivity index (χ3v) is 4.69. The Balaban J connectivity index is 1.65. The molecule has 7 heteroatoms. The van der Waals surface area contributed by atoms with Crippen LogP contribution >= 0.6 is 11.3 Å². The average Bonchev–Trinajstić information content (AvgIpc) is 3.07. The van der Waals surface area contributed by atoms with Crippen molar-refractivity contribution in [1.29, 1.82) is 0 Å². The first-order chi connectivity index (χ1) is 10.1. The molecular formula is C14H17N3O3S. The van der Waals surface area contributed by atoms with Crippen molar-refractivity contribution >= 4 is 33.4 Å². The van der Waals surface area contributed by atoms with Gasteiger partial charge in [-0.05, 0) is 13.0 Å². The van der Waals surface area contributed by atoms with E-state index in [0.717, 1.165) is 10.3 Å². The van der Waals surface area contributed by atoms with Gasteiger partial charge in [0.25, 0.3) is 5.91 Å². The first kappa shape index (κ1) is 14.1. The summed E-state index contributed by atoms with van der Waals surface area (Å²) >= 11 is 1.43. The van der Waals surface area contributed by atoms with E-state index in [1.165, 1.54) is 11.3 Å². The maximum absolute atomic E-state index is 12.4. The normalized spacial score (nSPS) is 17.2. The number of hydrogen-bond acceptors (Lipinski definition) is 5. The minimum absolute atomic E-state index is 0.000652. The number of furan rings is 1. The molecule has 6 nitrogen and oxygen atoms in total. The SMILES string of the molecule is C[C@@H](N)C(=O)N1CCN(C(=O)c2cc3occc3s2)CC1. The second-order valence-corrected chi connectivity index (χ2v) is 6.25. The molecule has 2 aromatic heterocycles. The zero-order valence-corrected chi connectivity index (χ0v) is 12.6. The average molecular weight is 307 g/mol. The number of thiophene rings is 1. The van der Waals surface area contributed by atoms with Crippen LogP contribution in [-0.2, 0) is 4.79 Å². The molecule has 2 aromatic rings. The second-order valence-electron chi connectivity index (χ2n) is 5.17. The molecule has 0 spiro atoms.